The van der Waals surface area contributed by atoms with Crippen molar-refractivity contribution in [3.63, 3.8) is 0 Å². The van der Waals surface area contributed by atoms with Gasteiger partial charge in [-0.3, -0.25) is 0 Å². The van der Waals surface area contributed by atoms with Crippen molar-refractivity contribution in [1.82, 2.24) is 14.7 Å². The lowest BCUT2D eigenvalue weighted by molar-refractivity contribution is 0.125. The number of nitrogens with zero attached hydrogens (tertiary/aromatic N) is 3. The monoisotopic (exact) mass is 190 g/mol. The molecular weight excluding hydrogens is 180 g/mol. The fraction of sp³-hybridized carbons (Fsp3) is 0.333. The van der Waals surface area contributed by atoms with E-state index in [4.69, 9.17) is 5.73 Å². The highest BCUT2D eigenvalue weighted by molar-refractivity contribution is 5.74. The lowest BCUT2D eigenvalue weighted by Crippen LogP contribution is -2.61. The molecule has 1 aromatic heterocycles. The zero-order chi connectivity index (χ0) is 9.76. The molecule has 72 valence electrons. The van der Waals surface area contributed by atoms with Gasteiger partial charge in [0.1, 0.15) is 0 Å². The van der Waals surface area contributed by atoms with Crippen LogP contribution in [-0.4, -0.2) is 33.8 Å². The van der Waals surface area contributed by atoms with Gasteiger partial charge in [0.25, 0.3) is 0 Å². The Labute approximate surface area is 80.8 Å². The van der Waals surface area contributed by atoms with Crippen molar-refractivity contribution < 1.29 is 4.79 Å². The molecule has 0 bridgehead atoms. The number of nitrogens with two attached hydrogens (primary N) is 1. The van der Waals surface area contributed by atoms with Crippen LogP contribution in [0.15, 0.2) is 18.3 Å². The first kappa shape index (κ1) is 7.61. The lowest BCUT2D eigenvalue weighted by Gasteiger charge is -2.45. The molecule has 1 saturated heterocycles. The molecule has 2 aliphatic heterocycles. The highest BCUT2D eigenvalue weighted by Crippen LogP contribution is 2.39. The van der Waals surface area contributed by atoms with Crippen molar-refractivity contribution in [3.05, 3.63) is 24.0 Å². The maximum Gasteiger partial charge on any atom is 0.314 e. The third-order valence-corrected chi connectivity index (χ3v) is 2.97. The summed E-state index contributed by atoms with van der Waals surface area (Å²) in [7, 11) is 0. The summed E-state index contributed by atoms with van der Waals surface area (Å²) in [5.74, 6) is 0. The Morgan fingerprint density at radius 1 is 1.57 bits per heavy atom. The van der Waals surface area contributed by atoms with Crippen LogP contribution in [-0.2, 0) is 5.41 Å². The van der Waals surface area contributed by atoms with E-state index in [1.807, 2.05) is 16.9 Å². The van der Waals surface area contributed by atoms with Crippen molar-refractivity contribution in [3.8, 4) is 0 Å². The number of carbonyl (C=O) groups is 1. The molecule has 0 aliphatic carbocycles. The molecule has 2 N–H and O–H groups in total. The van der Waals surface area contributed by atoms with Gasteiger partial charge in [0, 0.05) is 25.5 Å². The first-order valence-corrected chi connectivity index (χ1v) is 4.49. The van der Waals surface area contributed by atoms with Crippen molar-refractivity contribution >= 4 is 12.2 Å². The number of amides is 2. The predicted molar refractivity (Wildman–Crippen MR) is 50.4 cm³/mol. The molecule has 2 aliphatic rings. The maximum absolute atomic E-state index is 10.9. The molecule has 5 nitrogen and oxygen atoms in total. The number of hydrogen-bond donors (Lipinski definition) is 1. The molecule has 1 spiro atoms. The van der Waals surface area contributed by atoms with Crippen LogP contribution >= 0.6 is 0 Å². The van der Waals surface area contributed by atoms with Crippen molar-refractivity contribution in [2.75, 3.05) is 13.1 Å². The van der Waals surface area contributed by atoms with Gasteiger partial charge in [-0.2, -0.15) is 5.10 Å². The van der Waals surface area contributed by atoms with Gasteiger partial charge >= 0.3 is 6.03 Å². The van der Waals surface area contributed by atoms with E-state index in [-0.39, 0.29) is 11.4 Å². The minimum atomic E-state index is -0.345. The minimum absolute atomic E-state index is 0.0223. The fourth-order valence-electron chi connectivity index (χ4n) is 2.18. The van der Waals surface area contributed by atoms with Crippen LogP contribution < -0.4 is 5.73 Å². The van der Waals surface area contributed by atoms with Crippen molar-refractivity contribution in [2.45, 2.75) is 5.41 Å². The number of urea groups is 1. The van der Waals surface area contributed by atoms with Gasteiger partial charge in [-0.15, -0.1) is 0 Å². The third-order valence-electron chi connectivity index (χ3n) is 2.97. The van der Waals surface area contributed by atoms with Crippen LogP contribution in [0.3, 0.4) is 0 Å². The highest BCUT2D eigenvalue weighted by Gasteiger charge is 2.48. The lowest BCUT2D eigenvalue weighted by atomic mass is 9.78. The van der Waals surface area contributed by atoms with Crippen LogP contribution in [0.2, 0.25) is 0 Å². The smallest absolute Gasteiger partial charge is 0.314 e. The van der Waals surface area contributed by atoms with Crippen molar-refractivity contribution in [1.29, 1.82) is 0 Å². The summed E-state index contributed by atoms with van der Waals surface area (Å²) in [5, 5.41) is 4.14. The molecule has 0 aromatic carbocycles. The number of likely N-dealkylation sites (tertiary alicyclic amines) is 1. The topological polar surface area (TPSA) is 64.2 Å². The van der Waals surface area contributed by atoms with E-state index in [0.717, 1.165) is 5.69 Å². The van der Waals surface area contributed by atoms with Crippen LogP contribution in [0.25, 0.3) is 6.20 Å². The molecule has 0 unspecified atom stereocenters. The Morgan fingerprint density at radius 3 is 3.07 bits per heavy atom. The summed E-state index contributed by atoms with van der Waals surface area (Å²) in [5.41, 5.74) is 6.31. The van der Waals surface area contributed by atoms with Crippen LogP contribution in [0.4, 0.5) is 4.79 Å². The molecular formula is C9H10N4O. The molecule has 0 atom stereocenters. The molecule has 2 amide bonds. The minimum Gasteiger partial charge on any atom is -0.351 e. The fourth-order valence-corrected chi connectivity index (χ4v) is 2.18. The van der Waals surface area contributed by atoms with Gasteiger partial charge in [-0.25, -0.2) is 9.48 Å². The summed E-state index contributed by atoms with van der Waals surface area (Å²) >= 11 is 0. The van der Waals surface area contributed by atoms with Gasteiger partial charge in [-0.1, -0.05) is 6.08 Å². The van der Waals surface area contributed by atoms with Gasteiger partial charge in [0.15, 0.2) is 0 Å². The van der Waals surface area contributed by atoms with E-state index in [1.165, 1.54) is 0 Å². The largest absolute Gasteiger partial charge is 0.351 e. The number of aromatic nitrogens is 2. The van der Waals surface area contributed by atoms with Gasteiger partial charge in [0.2, 0.25) is 0 Å². The third kappa shape index (κ3) is 0.742. The molecule has 0 saturated carbocycles. The SMILES string of the molecule is NC(=O)N1CC2(C=Cn3nccc32)C1. The Bertz CT molecular complexity index is 428. The number of primary amides is 1. The maximum atomic E-state index is 10.9. The summed E-state index contributed by atoms with van der Waals surface area (Å²) in [6.45, 7) is 1.34. The molecule has 5 heteroatoms. The zero-order valence-electron chi connectivity index (χ0n) is 7.55. The number of rotatable bonds is 0. The molecule has 3 heterocycles. The number of fused-ring (bicyclic) bond motifs is 2. The van der Waals surface area contributed by atoms with Crippen LogP contribution in [0.1, 0.15) is 5.69 Å². The van der Waals surface area contributed by atoms with E-state index in [0.29, 0.717) is 13.1 Å². The average Bonchev–Trinajstić information content (AvgIpc) is 2.57. The summed E-state index contributed by atoms with van der Waals surface area (Å²) in [4.78, 5) is 12.5. The standard InChI is InChI=1S/C9H10N4O/c10-8(14)12-5-9(6-12)2-4-13-7(9)1-3-11-13/h1-4H,5-6H2,(H2,10,14). The van der Waals surface area contributed by atoms with E-state index < -0.39 is 0 Å². The number of carbonyl (C=O) groups excluding carboxylic acids is 1. The predicted octanol–water partition coefficient (Wildman–Crippen LogP) is -0.000500. The Morgan fingerprint density at radius 2 is 2.36 bits per heavy atom. The zero-order valence-corrected chi connectivity index (χ0v) is 7.55. The molecule has 3 rings (SSSR count). The van der Waals surface area contributed by atoms with Crippen LogP contribution in [0.5, 0.6) is 0 Å². The molecule has 14 heavy (non-hydrogen) atoms. The first-order chi connectivity index (χ1) is 6.71. The normalized spacial score (nSPS) is 21.0. The number of hydrogen-bond acceptors (Lipinski definition) is 2. The Hall–Kier alpha value is -1.78. The van der Waals surface area contributed by atoms with Gasteiger partial charge in [-0.05, 0) is 6.07 Å². The van der Waals surface area contributed by atoms with Gasteiger partial charge in [0.05, 0.1) is 11.1 Å². The summed E-state index contributed by atoms with van der Waals surface area (Å²) in [6, 6.07) is 1.64. The Balaban J connectivity index is 1.91. The molecule has 0 radical (unpaired) electrons. The van der Waals surface area contributed by atoms with Gasteiger partial charge < -0.3 is 10.6 Å². The van der Waals surface area contributed by atoms with E-state index in [2.05, 4.69) is 11.2 Å². The van der Waals surface area contributed by atoms with E-state index in [1.54, 1.807) is 11.1 Å². The second-order valence-corrected chi connectivity index (χ2v) is 3.83. The molecule has 1 fully saturated rings. The van der Waals surface area contributed by atoms with E-state index >= 15 is 0 Å². The second-order valence-electron chi connectivity index (χ2n) is 3.83. The highest BCUT2D eigenvalue weighted by atomic mass is 16.2. The second kappa shape index (κ2) is 2.17. The van der Waals surface area contributed by atoms with Crippen LogP contribution in [0, 0.1) is 0 Å². The molecule has 1 aromatic rings. The Kier molecular flexibility index (Phi) is 1.18. The average molecular weight is 190 g/mol. The summed E-state index contributed by atoms with van der Waals surface area (Å²) in [6.07, 6.45) is 5.80. The first-order valence-electron chi connectivity index (χ1n) is 4.49. The van der Waals surface area contributed by atoms with Crippen molar-refractivity contribution in [2.24, 2.45) is 5.73 Å². The quantitative estimate of drug-likeness (QED) is 0.625. The van der Waals surface area contributed by atoms with E-state index in [9.17, 15) is 4.79 Å². The summed E-state index contributed by atoms with van der Waals surface area (Å²) < 4.78 is 1.85.